The SMILES string of the molecule is CCCCCCCOc1ccc2cc(/C=C/C(=O)[O-])ccc2c1. The van der Waals surface area contributed by atoms with Gasteiger partial charge in [-0.3, -0.25) is 0 Å². The summed E-state index contributed by atoms with van der Waals surface area (Å²) in [4.78, 5) is 10.4. The minimum Gasteiger partial charge on any atom is -0.545 e. The summed E-state index contributed by atoms with van der Waals surface area (Å²) in [6.07, 6.45) is 8.71. The Bertz CT molecular complexity index is 674. The minimum absolute atomic E-state index is 0.752. The molecule has 0 radical (unpaired) electrons. The van der Waals surface area contributed by atoms with E-state index in [9.17, 15) is 9.90 Å². The number of carboxylic acids is 1. The van der Waals surface area contributed by atoms with Gasteiger partial charge in [-0.05, 0) is 47.0 Å². The Labute approximate surface area is 137 Å². The van der Waals surface area contributed by atoms with Crippen LogP contribution in [0.4, 0.5) is 0 Å². The van der Waals surface area contributed by atoms with E-state index in [-0.39, 0.29) is 0 Å². The molecule has 0 amide bonds. The summed E-state index contributed by atoms with van der Waals surface area (Å²) in [7, 11) is 0. The van der Waals surface area contributed by atoms with E-state index in [0.29, 0.717) is 0 Å². The van der Waals surface area contributed by atoms with Crippen molar-refractivity contribution in [1.29, 1.82) is 0 Å². The average Bonchev–Trinajstić information content (AvgIpc) is 2.56. The number of carbonyl (C=O) groups is 1. The Morgan fingerprint density at radius 3 is 2.57 bits per heavy atom. The van der Waals surface area contributed by atoms with E-state index < -0.39 is 5.97 Å². The lowest BCUT2D eigenvalue weighted by Gasteiger charge is -2.08. The van der Waals surface area contributed by atoms with Crippen LogP contribution in [-0.2, 0) is 4.79 Å². The third-order valence-corrected chi connectivity index (χ3v) is 3.76. The van der Waals surface area contributed by atoms with Gasteiger partial charge in [0.25, 0.3) is 0 Å². The molecule has 23 heavy (non-hydrogen) atoms. The van der Waals surface area contributed by atoms with Crippen molar-refractivity contribution in [2.75, 3.05) is 6.61 Å². The molecular weight excluding hydrogens is 288 g/mol. The number of unbranched alkanes of at least 4 members (excludes halogenated alkanes) is 4. The van der Waals surface area contributed by atoms with Crippen molar-refractivity contribution >= 4 is 22.8 Å². The average molecular weight is 311 g/mol. The zero-order chi connectivity index (χ0) is 16.5. The number of aliphatic carboxylic acids is 1. The maximum Gasteiger partial charge on any atom is 0.119 e. The Kier molecular flexibility index (Phi) is 6.67. The second-order valence-corrected chi connectivity index (χ2v) is 5.68. The van der Waals surface area contributed by atoms with Crippen LogP contribution in [-0.4, -0.2) is 12.6 Å². The molecule has 0 saturated heterocycles. The Morgan fingerprint density at radius 1 is 1.04 bits per heavy atom. The van der Waals surface area contributed by atoms with Crippen LogP contribution in [0.15, 0.2) is 42.5 Å². The first-order valence-corrected chi connectivity index (χ1v) is 8.24. The molecule has 0 aliphatic heterocycles. The molecule has 122 valence electrons. The lowest BCUT2D eigenvalue weighted by atomic mass is 10.1. The number of hydrogen-bond donors (Lipinski definition) is 0. The first-order chi connectivity index (χ1) is 11.2. The third kappa shape index (κ3) is 5.78. The van der Waals surface area contributed by atoms with E-state index in [1.807, 2.05) is 36.4 Å². The van der Waals surface area contributed by atoms with Crippen LogP contribution in [0.1, 0.15) is 44.6 Å². The minimum atomic E-state index is -1.19. The summed E-state index contributed by atoms with van der Waals surface area (Å²) in [5.74, 6) is -0.307. The fourth-order valence-electron chi connectivity index (χ4n) is 2.50. The van der Waals surface area contributed by atoms with Gasteiger partial charge in [-0.2, -0.15) is 0 Å². The molecule has 3 heteroatoms. The highest BCUT2D eigenvalue weighted by Gasteiger charge is 1.99. The Balaban J connectivity index is 1.94. The number of carboxylic acid groups (broad SMARTS) is 1. The predicted molar refractivity (Wildman–Crippen MR) is 92.2 cm³/mol. The van der Waals surface area contributed by atoms with Gasteiger partial charge >= 0.3 is 0 Å². The maximum absolute atomic E-state index is 10.4. The molecule has 2 aromatic rings. The van der Waals surface area contributed by atoms with Gasteiger partial charge in [-0.15, -0.1) is 0 Å². The van der Waals surface area contributed by atoms with E-state index in [1.165, 1.54) is 31.8 Å². The number of fused-ring (bicyclic) bond motifs is 1. The molecule has 2 aromatic carbocycles. The van der Waals surface area contributed by atoms with Crippen LogP contribution in [0.25, 0.3) is 16.8 Å². The first-order valence-electron chi connectivity index (χ1n) is 8.24. The molecule has 2 rings (SSSR count). The Morgan fingerprint density at radius 2 is 1.78 bits per heavy atom. The van der Waals surface area contributed by atoms with Crippen LogP contribution < -0.4 is 9.84 Å². The fraction of sp³-hybridized carbons (Fsp3) is 0.350. The lowest BCUT2D eigenvalue weighted by Crippen LogP contribution is -2.18. The summed E-state index contributed by atoms with van der Waals surface area (Å²) in [5.41, 5.74) is 0.839. The summed E-state index contributed by atoms with van der Waals surface area (Å²) >= 11 is 0. The second kappa shape index (κ2) is 8.99. The molecular formula is C20H23O3-. The number of benzene rings is 2. The number of rotatable bonds is 9. The van der Waals surface area contributed by atoms with Crippen LogP contribution in [0.3, 0.4) is 0 Å². The fourth-order valence-corrected chi connectivity index (χ4v) is 2.50. The molecule has 0 atom stereocenters. The van der Waals surface area contributed by atoms with Gasteiger partial charge in [0, 0.05) is 0 Å². The highest BCUT2D eigenvalue weighted by molar-refractivity contribution is 5.88. The zero-order valence-corrected chi connectivity index (χ0v) is 13.6. The van der Waals surface area contributed by atoms with Gasteiger partial charge in [0.1, 0.15) is 5.75 Å². The monoisotopic (exact) mass is 311 g/mol. The summed E-state index contributed by atoms with van der Waals surface area (Å²) < 4.78 is 5.80. The first kappa shape index (κ1) is 17.1. The van der Waals surface area contributed by atoms with E-state index in [2.05, 4.69) is 6.92 Å². The number of ether oxygens (including phenoxy) is 1. The normalized spacial score (nSPS) is 11.2. The quantitative estimate of drug-likeness (QED) is 0.520. The van der Waals surface area contributed by atoms with Crippen LogP contribution in [0.5, 0.6) is 5.75 Å². The van der Waals surface area contributed by atoms with Crippen molar-refractivity contribution in [2.24, 2.45) is 0 Å². The molecule has 3 nitrogen and oxygen atoms in total. The van der Waals surface area contributed by atoms with Crippen LogP contribution in [0, 0.1) is 0 Å². The van der Waals surface area contributed by atoms with Gasteiger partial charge in [-0.25, -0.2) is 0 Å². The third-order valence-electron chi connectivity index (χ3n) is 3.76. The molecule has 0 heterocycles. The zero-order valence-electron chi connectivity index (χ0n) is 13.6. The van der Waals surface area contributed by atoms with E-state index >= 15 is 0 Å². The molecule has 0 saturated carbocycles. The predicted octanol–water partition coefficient (Wildman–Crippen LogP) is 3.95. The van der Waals surface area contributed by atoms with Crippen LogP contribution in [0.2, 0.25) is 0 Å². The standard InChI is InChI=1S/C20H24O3/c1-2-3-4-5-6-13-23-19-11-10-17-14-16(8-12-20(21)22)7-9-18(17)15-19/h7-12,14-15H,2-6,13H2,1H3,(H,21,22)/p-1/b12-8+. The smallest absolute Gasteiger partial charge is 0.119 e. The molecule has 0 unspecified atom stereocenters. The van der Waals surface area contributed by atoms with E-state index in [0.717, 1.165) is 41.2 Å². The molecule has 0 fully saturated rings. The number of carbonyl (C=O) groups excluding carboxylic acids is 1. The van der Waals surface area contributed by atoms with Gasteiger partial charge < -0.3 is 14.6 Å². The summed E-state index contributed by atoms with van der Waals surface area (Å²) in [5, 5.41) is 12.6. The van der Waals surface area contributed by atoms with Crippen molar-refractivity contribution in [1.82, 2.24) is 0 Å². The van der Waals surface area contributed by atoms with Crippen molar-refractivity contribution < 1.29 is 14.6 Å². The topological polar surface area (TPSA) is 49.4 Å². The van der Waals surface area contributed by atoms with Gasteiger partial charge in [0.15, 0.2) is 0 Å². The largest absolute Gasteiger partial charge is 0.545 e. The molecule has 0 aliphatic rings. The highest BCUT2D eigenvalue weighted by atomic mass is 16.5. The van der Waals surface area contributed by atoms with E-state index in [1.54, 1.807) is 0 Å². The van der Waals surface area contributed by atoms with Crippen molar-refractivity contribution in [3.05, 3.63) is 48.0 Å². The molecule has 0 aliphatic carbocycles. The molecule has 0 N–H and O–H groups in total. The van der Waals surface area contributed by atoms with Crippen LogP contribution >= 0.6 is 0 Å². The number of hydrogen-bond acceptors (Lipinski definition) is 3. The Hall–Kier alpha value is -2.29. The van der Waals surface area contributed by atoms with Crippen molar-refractivity contribution in [3.8, 4) is 5.75 Å². The second-order valence-electron chi connectivity index (χ2n) is 5.68. The lowest BCUT2D eigenvalue weighted by molar-refractivity contribution is -0.297. The van der Waals surface area contributed by atoms with Gasteiger partial charge in [0.05, 0.1) is 12.6 Å². The van der Waals surface area contributed by atoms with Crippen molar-refractivity contribution in [3.63, 3.8) is 0 Å². The van der Waals surface area contributed by atoms with Crippen molar-refractivity contribution in [2.45, 2.75) is 39.0 Å². The van der Waals surface area contributed by atoms with Gasteiger partial charge in [0.2, 0.25) is 0 Å². The highest BCUT2D eigenvalue weighted by Crippen LogP contribution is 2.23. The summed E-state index contributed by atoms with van der Waals surface area (Å²) in [6, 6.07) is 11.8. The summed E-state index contributed by atoms with van der Waals surface area (Å²) in [6.45, 7) is 2.97. The molecule has 0 bridgehead atoms. The molecule has 0 aromatic heterocycles. The van der Waals surface area contributed by atoms with Gasteiger partial charge in [-0.1, -0.05) is 56.9 Å². The maximum atomic E-state index is 10.4. The van der Waals surface area contributed by atoms with E-state index in [4.69, 9.17) is 4.74 Å². The molecule has 0 spiro atoms.